The number of nitrogens with one attached hydrogen (secondary N) is 1. The zero-order chi connectivity index (χ0) is 13.8. The van der Waals surface area contributed by atoms with Crippen LogP contribution < -0.4 is 5.43 Å². The van der Waals surface area contributed by atoms with Crippen molar-refractivity contribution in [3.8, 4) is 0 Å². The molecule has 7 heteroatoms. The van der Waals surface area contributed by atoms with Crippen LogP contribution in [0, 0.1) is 0 Å². The van der Waals surface area contributed by atoms with E-state index in [-0.39, 0.29) is 5.17 Å². The third kappa shape index (κ3) is 3.74. The van der Waals surface area contributed by atoms with Gasteiger partial charge in [0.15, 0.2) is 5.17 Å². The van der Waals surface area contributed by atoms with Crippen molar-refractivity contribution in [2.24, 2.45) is 5.10 Å². The summed E-state index contributed by atoms with van der Waals surface area (Å²) < 4.78 is 0. The van der Waals surface area contributed by atoms with Gasteiger partial charge in [-0.3, -0.25) is 10.4 Å². The first kappa shape index (κ1) is 14.4. The van der Waals surface area contributed by atoms with E-state index in [1.54, 1.807) is 36.7 Å². The quantitative estimate of drug-likeness (QED) is 0.629. The third-order valence-electron chi connectivity index (χ3n) is 2.19. The van der Waals surface area contributed by atoms with Gasteiger partial charge in [0.1, 0.15) is 0 Å². The molecule has 0 unspecified atom stereocenters. The zero-order valence-electron chi connectivity index (χ0n) is 9.37. The highest BCUT2D eigenvalue weighted by atomic mass is 35.5. The molecule has 0 saturated carbocycles. The second-order valence-electron chi connectivity index (χ2n) is 3.49. The van der Waals surface area contributed by atoms with Gasteiger partial charge in [-0.1, -0.05) is 46.4 Å². The normalized spacial score (nSPS) is 11.5. The van der Waals surface area contributed by atoms with E-state index in [2.05, 4.69) is 15.5 Å². The van der Waals surface area contributed by atoms with Gasteiger partial charge in [-0.2, -0.15) is 5.10 Å². The number of halogens is 4. The second-order valence-corrected chi connectivity index (χ2v) is 5.10. The Hall–Kier alpha value is -1.00. The lowest BCUT2D eigenvalue weighted by Crippen LogP contribution is -1.98. The summed E-state index contributed by atoms with van der Waals surface area (Å²) in [6.07, 6.45) is 3.24. The number of pyridine rings is 1. The maximum atomic E-state index is 6.04. The smallest absolute Gasteiger partial charge is 0.156 e. The Bertz CT molecular complexity index is 591. The largest absolute Gasteiger partial charge is 0.274 e. The fraction of sp³-hybridized carbons (Fsp3) is 0. The summed E-state index contributed by atoms with van der Waals surface area (Å²) in [4.78, 5) is 3.89. The van der Waals surface area contributed by atoms with Crippen LogP contribution in [0.4, 0.5) is 5.69 Å². The van der Waals surface area contributed by atoms with Crippen LogP contribution in [0.2, 0.25) is 15.1 Å². The minimum atomic E-state index is 0.268. The van der Waals surface area contributed by atoms with Crippen LogP contribution in [-0.4, -0.2) is 10.2 Å². The zero-order valence-corrected chi connectivity index (χ0v) is 12.4. The molecular formula is C12H7Cl4N3. The molecule has 19 heavy (non-hydrogen) atoms. The summed E-state index contributed by atoms with van der Waals surface area (Å²) in [6, 6.07) is 6.59. The molecule has 2 aromatic rings. The van der Waals surface area contributed by atoms with Gasteiger partial charge in [-0.25, -0.2) is 0 Å². The van der Waals surface area contributed by atoms with Gasteiger partial charge in [0.25, 0.3) is 0 Å². The van der Waals surface area contributed by atoms with Crippen LogP contribution >= 0.6 is 46.4 Å². The van der Waals surface area contributed by atoms with Gasteiger partial charge in [0.05, 0.1) is 15.7 Å². The lowest BCUT2D eigenvalue weighted by atomic mass is 10.3. The molecule has 0 aliphatic carbocycles. The first-order valence-electron chi connectivity index (χ1n) is 5.12. The van der Waals surface area contributed by atoms with Crippen LogP contribution in [0.3, 0.4) is 0 Å². The summed E-state index contributed by atoms with van der Waals surface area (Å²) >= 11 is 23.9. The van der Waals surface area contributed by atoms with E-state index in [1.165, 1.54) is 0 Å². The van der Waals surface area contributed by atoms with E-state index in [0.717, 1.165) is 5.56 Å². The van der Waals surface area contributed by atoms with Crippen molar-refractivity contribution in [3.05, 3.63) is 57.3 Å². The fourth-order valence-corrected chi connectivity index (χ4v) is 2.38. The molecule has 0 amide bonds. The highest BCUT2D eigenvalue weighted by molar-refractivity contribution is 6.69. The molecule has 1 aromatic carbocycles. The summed E-state index contributed by atoms with van der Waals surface area (Å²) in [7, 11) is 0. The topological polar surface area (TPSA) is 37.3 Å². The maximum Gasteiger partial charge on any atom is 0.156 e. The predicted molar refractivity (Wildman–Crippen MR) is 81.7 cm³/mol. The van der Waals surface area contributed by atoms with E-state index in [9.17, 15) is 0 Å². The Morgan fingerprint density at radius 2 is 1.63 bits per heavy atom. The highest BCUT2D eigenvalue weighted by Crippen LogP contribution is 2.33. The molecule has 0 aliphatic heterocycles. The van der Waals surface area contributed by atoms with Crippen LogP contribution in [0.1, 0.15) is 5.56 Å². The van der Waals surface area contributed by atoms with Crippen molar-refractivity contribution in [2.45, 2.75) is 0 Å². The van der Waals surface area contributed by atoms with Crippen molar-refractivity contribution in [3.63, 3.8) is 0 Å². The van der Waals surface area contributed by atoms with E-state index in [4.69, 9.17) is 46.4 Å². The average Bonchev–Trinajstić information content (AvgIpc) is 2.38. The number of hydrogen-bond donors (Lipinski definition) is 1. The lowest BCUT2D eigenvalue weighted by molar-refractivity contribution is 1.31. The molecule has 0 radical (unpaired) electrons. The Labute approximate surface area is 130 Å². The molecule has 0 fully saturated rings. The molecule has 0 bridgehead atoms. The van der Waals surface area contributed by atoms with Gasteiger partial charge in [-0.15, -0.1) is 0 Å². The monoisotopic (exact) mass is 333 g/mol. The van der Waals surface area contributed by atoms with E-state index < -0.39 is 0 Å². The molecule has 0 atom stereocenters. The first-order chi connectivity index (χ1) is 9.08. The summed E-state index contributed by atoms with van der Waals surface area (Å²) in [6.45, 7) is 0. The van der Waals surface area contributed by atoms with E-state index in [0.29, 0.717) is 20.8 Å². The first-order valence-corrected chi connectivity index (χ1v) is 6.63. The third-order valence-corrected chi connectivity index (χ3v) is 3.31. The molecule has 98 valence electrons. The Morgan fingerprint density at radius 1 is 1.05 bits per heavy atom. The van der Waals surface area contributed by atoms with Gasteiger partial charge < -0.3 is 0 Å². The minimum Gasteiger partial charge on any atom is -0.274 e. The molecule has 2 rings (SSSR count). The van der Waals surface area contributed by atoms with Crippen molar-refractivity contribution in [1.82, 2.24) is 4.98 Å². The number of hydrogen-bond acceptors (Lipinski definition) is 3. The molecule has 3 nitrogen and oxygen atoms in total. The Balaban J connectivity index is 2.23. The number of aromatic nitrogens is 1. The van der Waals surface area contributed by atoms with Crippen LogP contribution in [0.5, 0.6) is 0 Å². The van der Waals surface area contributed by atoms with E-state index in [1.807, 2.05) is 0 Å². The van der Waals surface area contributed by atoms with Crippen LogP contribution in [0.15, 0.2) is 41.8 Å². The standard InChI is InChI=1S/C12H7Cl4N3/c13-8-5-9(14)11(10(15)6-8)18-19-12(16)7-1-3-17-4-2-7/h1-6,18H/b19-12-. The fourth-order valence-electron chi connectivity index (χ4n) is 1.31. The second kappa shape index (κ2) is 6.44. The van der Waals surface area contributed by atoms with Crippen molar-refractivity contribution >= 4 is 57.3 Å². The SMILES string of the molecule is Cl/C(=N\Nc1c(Cl)cc(Cl)cc1Cl)c1ccncc1. The Kier molecular flexibility index (Phi) is 4.88. The van der Waals surface area contributed by atoms with Crippen LogP contribution in [0.25, 0.3) is 0 Å². The van der Waals surface area contributed by atoms with E-state index >= 15 is 0 Å². The number of hydrazone groups is 1. The molecule has 1 N–H and O–H groups in total. The maximum absolute atomic E-state index is 6.04. The molecule has 1 aromatic heterocycles. The molecule has 0 spiro atoms. The molecule has 0 aliphatic rings. The number of nitrogens with zero attached hydrogens (tertiary/aromatic N) is 2. The van der Waals surface area contributed by atoms with Crippen molar-refractivity contribution in [2.75, 3.05) is 5.43 Å². The summed E-state index contributed by atoms with van der Waals surface area (Å²) in [5.41, 5.74) is 3.89. The Morgan fingerprint density at radius 3 is 2.21 bits per heavy atom. The molecular weight excluding hydrogens is 328 g/mol. The number of benzene rings is 1. The van der Waals surface area contributed by atoms with Gasteiger partial charge in [0.2, 0.25) is 0 Å². The molecule has 1 heterocycles. The number of anilines is 1. The summed E-state index contributed by atoms with van der Waals surface area (Å²) in [5, 5.41) is 5.45. The van der Waals surface area contributed by atoms with Crippen LogP contribution in [-0.2, 0) is 0 Å². The lowest BCUT2D eigenvalue weighted by Gasteiger charge is -2.07. The minimum absolute atomic E-state index is 0.268. The van der Waals surface area contributed by atoms with Gasteiger partial charge in [-0.05, 0) is 24.3 Å². The predicted octanol–water partition coefficient (Wildman–Crippen LogP) is 5.05. The van der Waals surface area contributed by atoms with Gasteiger partial charge in [0, 0.05) is 23.0 Å². The summed E-state index contributed by atoms with van der Waals surface area (Å²) in [5.74, 6) is 0. The molecule has 0 saturated heterocycles. The van der Waals surface area contributed by atoms with Crippen molar-refractivity contribution in [1.29, 1.82) is 0 Å². The van der Waals surface area contributed by atoms with Gasteiger partial charge >= 0.3 is 0 Å². The highest BCUT2D eigenvalue weighted by Gasteiger charge is 2.07. The van der Waals surface area contributed by atoms with Crippen molar-refractivity contribution < 1.29 is 0 Å². The number of rotatable bonds is 3. The average molecular weight is 335 g/mol.